The molecule has 0 atom stereocenters. The topological polar surface area (TPSA) is 104 Å². The fraction of sp³-hybridized carbons (Fsp3) is 0.167. The highest BCUT2D eigenvalue weighted by Gasteiger charge is 2.13. The normalized spacial score (nSPS) is 10.5. The first kappa shape index (κ1) is 14.2. The summed E-state index contributed by atoms with van der Waals surface area (Å²) < 4.78 is 1.75. The summed E-state index contributed by atoms with van der Waals surface area (Å²) in [5.74, 6) is 0. The van der Waals surface area contributed by atoms with Crippen molar-refractivity contribution in [1.82, 2.24) is 9.55 Å². The molecule has 104 valence electrons. The van der Waals surface area contributed by atoms with Gasteiger partial charge in [0.25, 0.3) is 11.2 Å². The molecule has 0 aliphatic carbocycles. The zero-order valence-corrected chi connectivity index (χ0v) is 12.1. The fourth-order valence-electron chi connectivity index (χ4n) is 1.70. The lowest BCUT2D eigenvalue weighted by molar-refractivity contribution is -0.384. The van der Waals surface area contributed by atoms with Gasteiger partial charge in [-0.25, -0.2) is 4.98 Å². The Morgan fingerprint density at radius 3 is 2.85 bits per heavy atom. The standard InChI is InChI=1S/C12H11BrN4O3/c1-7-11(13)12(18)16(6-15-7)5-8-2-3-9(14)10(4-8)17(19)20/h2-4,6H,5,14H2,1H3. The van der Waals surface area contributed by atoms with Crippen LogP contribution in [0.2, 0.25) is 0 Å². The highest BCUT2D eigenvalue weighted by molar-refractivity contribution is 9.10. The predicted octanol–water partition coefficient (Wildman–Crippen LogP) is 1.85. The van der Waals surface area contributed by atoms with Crippen LogP contribution in [0.4, 0.5) is 11.4 Å². The number of nitrogen functional groups attached to an aromatic ring is 1. The summed E-state index contributed by atoms with van der Waals surface area (Å²) in [7, 11) is 0. The third kappa shape index (κ3) is 2.69. The minimum atomic E-state index is -0.551. The molecule has 1 aromatic carbocycles. The molecule has 0 aliphatic heterocycles. The van der Waals surface area contributed by atoms with Crippen LogP contribution in [0.1, 0.15) is 11.3 Å². The summed E-state index contributed by atoms with van der Waals surface area (Å²) in [5, 5.41) is 10.8. The van der Waals surface area contributed by atoms with Crippen LogP contribution in [-0.2, 0) is 6.54 Å². The van der Waals surface area contributed by atoms with E-state index in [9.17, 15) is 14.9 Å². The third-order valence-electron chi connectivity index (χ3n) is 2.80. The molecule has 0 saturated carbocycles. The molecule has 0 spiro atoms. The average molecular weight is 339 g/mol. The fourth-order valence-corrected chi connectivity index (χ4v) is 2.03. The molecule has 1 heterocycles. The van der Waals surface area contributed by atoms with E-state index in [2.05, 4.69) is 20.9 Å². The average Bonchev–Trinajstić information content (AvgIpc) is 2.41. The van der Waals surface area contributed by atoms with E-state index in [1.165, 1.54) is 23.0 Å². The van der Waals surface area contributed by atoms with Crippen LogP contribution in [0.25, 0.3) is 0 Å². The second-order valence-electron chi connectivity index (χ2n) is 4.23. The zero-order chi connectivity index (χ0) is 14.9. The number of nitro benzene ring substituents is 1. The van der Waals surface area contributed by atoms with Crippen LogP contribution >= 0.6 is 15.9 Å². The van der Waals surface area contributed by atoms with Crippen molar-refractivity contribution in [3.63, 3.8) is 0 Å². The van der Waals surface area contributed by atoms with Gasteiger partial charge in [-0.15, -0.1) is 0 Å². The molecule has 2 rings (SSSR count). The van der Waals surface area contributed by atoms with Crippen LogP contribution < -0.4 is 11.3 Å². The molecule has 0 saturated heterocycles. The maximum absolute atomic E-state index is 12.0. The summed E-state index contributed by atoms with van der Waals surface area (Å²) >= 11 is 3.17. The molecule has 0 amide bonds. The molecule has 0 radical (unpaired) electrons. The molecular weight excluding hydrogens is 328 g/mol. The zero-order valence-electron chi connectivity index (χ0n) is 10.5. The Hall–Kier alpha value is -2.22. The van der Waals surface area contributed by atoms with Crippen molar-refractivity contribution < 1.29 is 4.92 Å². The predicted molar refractivity (Wildman–Crippen MR) is 77.5 cm³/mol. The van der Waals surface area contributed by atoms with Crippen molar-refractivity contribution in [2.24, 2.45) is 0 Å². The number of rotatable bonds is 3. The van der Waals surface area contributed by atoms with Crippen molar-refractivity contribution in [2.45, 2.75) is 13.5 Å². The number of nitrogens with zero attached hydrogens (tertiary/aromatic N) is 3. The number of nitrogens with two attached hydrogens (primary N) is 1. The third-order valence-corrected chi connectivity index (χ3v) is 3.71. The maximum atomic E-state index is 12.0. The quantitative estimate of drug-likeness (QED) is 0.522. The number of aromatic nitrogens is 2. The van der Waals surface area contributed by atoms with Gasteiger partial charge >= 0.3 is 0 Å². The first-order valence-corrected chi connectivity index (χ1v) is 6.43. The van der Waals surface area contributed by atoms with Crippen molar-refractivity contribution >= 4 is 27.3 Å². The lowest BCUT2D eigenvalue weighted by Gasteiger charge is -2.07. The van der Waals surface area contributed by atoms with E-state index in [4.69, 9.17) is 5.73 Å². The van der Waals surface area contributed by atoms with Gasteiger partial charge in [0.15, 0.2) is 0 Å². The van der Waals surface area contributed by atoms with E-state index in [1.807, 2.05) is 0 Å². The number of benzene rings is 1. The monoisotopic (exact) mass is 338 g/mol. The van der Waals surface area contributed by atoms with Gasteiger partial charge in [0.1, 0.15) is 10.2 Å². The van der Waals surface area contributed by atoms with Crippen LogP contribution in [0, 0.1) is 17.0 Å². The summed E-state index contributed by atoms with van der Waals surface area (Å²) in [5.41, 5.74) is 6.40. The summed E-state index contributed by atoms with van der Waals surface area (Å²) in [6.45, 7) is 1.90. The minimum Gasteiger partial charge on any atom is -0.393 e. The number of hydrogen-bond donors (Lipinski definition) is 1. The Kier molecular flexibility index (Phi) is 3.84. The van der Waals surface area contributed by atoms with E-state index in [-0.39, 0.29) is 23.5 Å². The highest BCUT2D eigenvalue weighted by Crippen LogP contribution is 2.22. The molecule has 20 heavy (non-hydrogen) atoms. The van der Waals surface area contributed by atoms with Gasteiger partial charge in [-0.1, -0.05) is 6.07 Å². The Labute approximate surface area is 122 Å². The van der Waals surface area contributed by atoms with Crippen molar-refractivity contribution in [3.8, 4) is 0 Å². The van der Waals surface area contributed by atoms with Gasteiger partial charge < -0.3 is 5.73 Å². The molecule has 0 unspecified atom stereocenters. The van der Waals surface area contributed by atoms with Crippen LogP contribution in [0.3, 0.4) is 0 Å². The van der Waals surface area contributed by atoms with Gasteiger partial charge in [-0.2, -0.15) is 0 Å². The Morgan fingerprint density at radius 2 is 2.20 bits per heavy atom. The van der Waals surface area contributed by atoms with E-state index in [1.54, 1.807) is 13.0 Å². The summed E-state index contributed by atoms with van der Waals surface area (Å²) in [6, 6.07) is 4.45. The summed E-state index contributed by atoms with van der Waals surface area (Å²) in [4.78, 5) is 26.3. The maximum Gasteiger partial charge on any atom is 0.292 e. The second kappa shape index (κ2) is 5.41. The van der Waals surface area contributed by atoms with Crippen molar-refractivity contribution in [1.29, 1.82) is 0 Å². The minimum absolute atomic E-state index is 0.0920. The van der Waals surface area contributed by atoms with E-state index < -0.39 is 4.92 Å². The molecule has 1 aromatic heterocycles. The van der Waals surface area contributed by atoms with Gasteiger partial charge in [-0.3, -0.25) is 19.5 Å². The number of halogens is 1. The number of aryl methyl sites for hydroxylation is 1. The highest BCUT2D eigenvalue weighted by atomic mass is 79.9. The largest absolute Gasteiger partial charge is 0.393 e. The molecule has 7 nitrogen and oxygen atoms in total. The Balaban J connectivity index is 2.41. The second-order valence-corrected chi connectivity index (χ2v) is 5.02. The van der Waals surface area contributed by atoms with Crippen LogP contribution in [0.15, 0.2) is 33.8 Å². The number of anilines is 1. The van der Waals surface area contributed by atoms with Crippen molar-refractivity contribution in [3.05, 3.63) is 60.7 Å². The molecule has 8 heteroatoms. The molecule has 0 aliphatic rings. The van der Waals surface area contributed by atoms with E-state index in [0.717, 1.165) is 0 Å². The van der Waals surface area contributed by atoms with E-state index in [0.29, 0.717) is 15.7 Å². The Bertz CT molecular complexity index is 742. The van der Waals surface area contributed by atoms with Gasteiger partial charge in [-0.05, 0) is 34.5 Å². The van der Waals surface area contributed by atoms with Gasteiger partial charge in [0.05, 0.1) is 23.5 Å². The lowest BCUT2D eigenvalue weighted by atomic mass is 10.1. The first-order valence-electron chi connectivity index (χ1n) is 5.64. The molecular formula is C12H11BrN4O3. The van der Waals surface area contributed by atoms with Crippen molar-refractivity contribution in [2.75, 3.05) is 5.73 Å². The summed E-state index contributed by atoms with van der Waals surface area (Å²) in [6.07, 6.45) is 1.41. The molecule has 0 fully saturated rings. The SMILES string of the molecule is Cc1ncn(Cc2ccc(N)c([N+](=O)[O-])c2)c(=O)c1Br. The van der Waals surface area contributed by atoms with Crippen LogP contribution in [-0.4, -0.2) is 14.5 Å². The van der Waals surface area contributed by atoms with E-state index >= 15 is 0 Å². The molecule has 2 N–H and O–H groups in total. The van der Waals surface area contributed by atoms with Gasteiger partial charge in [0.2, 0.25) is 0 Å². The smallest absolute Gasteiger partial charge is 0.292 e. The Morgan fingerprint density at radius 1 is 1.50 bits per heavy atom. The first-order chi connectivity index (χ1) is 9.40. The lowest BCUT2D eigenvalue weighted by Crippen LogP contribution is -2.22. The van der Waals surface area contributed by atoms with Crippen LogP contribution in [0.5, 0.6) is 0 Å². The number of nitro groups is 1. The molecule has 0 bridgehead atoms. The number of hydrogen-bond acceptors (Lipinski definition) is 5. The van der Waals surface area contributed by atoms with Gasteiger partial charge in [0, 0.05) is 6.07 Å². The molecule has 2 aromatic rings.